The van der Waals surface area contributed by atoms with Gasteiger partial charge >= 0.3 is 5.69 Å². The van der Waals surface area contributed by atoms with Crippen molar-refractivity contribution >= 4 is 16.8 Å². The van der Waals surface area contributed by atoms with Gasteiger partial charge in [0.2, 0.25) is 0 Å². The summed E-state index contributed by atoms with van der Waals surface area (Å²) in [6.45, 7) is -0.822. The monoisotopic (exact) mass is 341 g/mol. The molecule has 3 rings (SSSR count). The predicted octanol–water partition coefficient (Wildman–Crippen LogP) is 1.84. The van der Waals surface area contributed by atoms with Crippen LogP contribution >= 0.6 is 0 Å². The van der Waals surface area contributed by atoms with Crippen LogP contribution in [0.4, 0.5) is 0 Å². The lowest BCUT2D eigenvalue weighted by atomic mass is 10.1. The summed E-state index contributed by atoms with van der Waals surface area (Å²) in [6.07, 6.45) is 0. The molecule has 0 saturated carbocycles. The number of nitrogens with zero attached hydrogens (tertiary/aromatic N) is 3. The molecule has 0 amide bonds. The van der Waals surface area contributed by atoms with Crippen LogP contribution in [0.15, 0.2) is 54.6 Å². The van der Waals surface area contributed by atoms with Crippen molar-refractivity contribution in [1.29, 1.82) is 0 Å². The molecule has 0 unspecified atom stereocenters. The van der Waals surface area contributed by atoms with E-state index in [0.29, 0.717) is 9.16 Å². The second kappa shape index (κ2) is 6.40. The Balaban J connectivity index is 2.29. The molecule has 9 heteroatoms. The van der Waals surface area contributed by atoms with Gasteiger partial charge in [0.15, 0.2) is 0 Å². The van der Waals surface area contributed by atoms with Crippen molar-refractivity contribution in [3.8, 4) is 0 Å². The summed E-state index contributed by atoms with van der Waals surface area (Å²) in [4.78, 5) is 40.1. The summed E-state index contributed by atoms with van der Waals surface area (Å²) in [5.41, 5.74) is -0.823. The molecule has 0 radical (unpaired) electrons. The summed E-state index contributed by atoms with van der Waals surface area (Å²) < 4.78 is 0.612. The van der Waals surface area contributed by atoms with Crippen LogP contribution in [0.2, 0.25) is 0 Å². The first-order valence-electron chi connectivity index (χ1n) is 7.14. The molecule has 0 fully saturated rings. The molecular weight excluding hydrogens is 330 g/mol. The van der Waals surface area contributed by atoms with E-state index in [1.165, 1.54) is 30.3 Å². The highest BCUT2D eigenvalue weighted by Gasteiger charge is 2.30. The van der Waals surface area contributed by atoms with E-state index in [-0.39, 0.29) is 16.6 Å². The number of hydrogen-bond donors (Lipinski definition) is 0. The van der Waals surface area contributed by atoms with Gasteiger partial charge in [0.1, 0.15) is 17.8 Å². The maximum Gasteiger partial charge on any atom is 0.332 e. The van der Waals surface area contributed by atoms with E-state index in [2.05, 4.69) is 4.84 Å². The van der Waals surface area contributed by atoms with Gasteiger partial charge in [-0.25, -0.2) is 0 Å². The molecule has 2 aromatic carbocycles. The minimum atomic E-state index is -1.10. The van der Waals surface area contributed by atoms with Gasteiger partial charge in [0, 0.05) is 16.5 Å². The first-order valence-corrected chi connectivity index (χ1v) is 7.14. The van der Waals surface area contributed by atoms with Crippen molar-refractivity contribution in [2.75, 3.05) is 0 Å². The Morgan fingerprint density at radius 2 is 1.76 bits per heavy atom. The third kappa shape index (κ3) is 2.90. The number of benzene rings is 2. The van der Waals surface area contributed by atoms with Crippen LogP contribution in [0.5, 0.6) is 0 Å². The normalized spacial score (nSPS) is 10.6. The number of fused-ring (bicyclic) bond motifs is 1. The number of para-hydroxylation sites is 2. The van der Waals surface area contributed by atoms with Gasteiger partial charge in [0.05, 0.1) is 4.43 Å². The second-order valence-electron chi connectivity index (χ2n) is 5.06. The summed E-state index contributed by atoms with van der Waals surface area (Å²) in [5, 5.41) is 21.9. The lowest BCUT2D eigenvalue weighted by Crippen LogP contribution is -2.32. The second-order valence-corrected chi connectivity index (χ2v) is 5.06. The molecule has 0 bridgehead atoms. The van der Waals surface area contributed by atoms with Crippen molar-refractivity contribution in [2.45, 2.75) is 6.61 Å². The molecule has 1 heterocycles. The van der Waals surface area contributed by atoms with E-state index in [1.807, 2.05) is 0 Å². The van der Waals surface area contributed by atoms with Crippen molar-refractivity contribution in [1.82, 2.24) is 4.73 Å². The highest BCUT2D eigenvalue weighted by molar-refractivity contribution is 6.07. The highest BCUT2D eigenvalue weighted by atomic mass is 16.9. The lowest BCUT2D eigenvalue weighted by molar-refractivity contribution is -0.763. The van der Waals surface area contributed by atoms with Crippen molar-refractivity contribution in [3.05, 3.63) is 91.8 Å². The number of carbonyl (C=O) groups is 1. The van der Waals surface area contributed by atoms with E-state index >= 15 is 0 Å². The van der Waals surface area contributed by atoms with Crippen LogP contribution in [0.3, 0.4) is 0 Å². The SMILES string of the molecule is O=C(c1ccccc1)c1c(CO[N+](=O)[O-])n([O-])c2ccccc2[n+]1=O. The fourth-order valence-corrected chi connectivity index (χ4v) is 2.48. The molecule has 126 valence electrons. The molecule has 0 atom stereocenters. The molecule has 1 aromatic heterocycles. The smallest absolute Gasteiger partial charge is 0.332 e. The average molecular weight is 341 g/mol. The Hall–Kier alpha value is -3.75. The quantitative estimate of drug-likeness (QED) is 0.302. The first kappa shape index (κ1) is 16.1. The van der Waals surface area contributed by atoms with E-state index in [9.17, 15) is 25.0 Å². The maximum atomic E-state index is 12.7. The molecule has 9 nitrogen and oxygen atoms in total. The van der Waals surface area contributed by atoms with Crippen LogP contribution < -0.4 is 4.43 Å². The van der Waals surface area contributed by atoms with E-state index in [0.717, 1.165) is 0 Å². The lowest BCUT2D eigenvalue weighted by Gasteiger charge is -2.18. The zero-order valence-electron chi connectivity index (χ0n) is 12.7. The van der Waals surface area contributed by atoms with Crippen LogP contribution in [-0.4, -0.2) is 15.6 Å². The van der Waals surface area contributed by atoms with E-state index in [1.54, 1.807) is 24.3 Å². The maximum absolute atomic E-state index is 12.7. The Bertz CT molecular complexity index is 1030. The minimum Gasteiger partial charge on any atom is -0.805 e. The highest BCUT2D eigenvalue weighted by Crippen LogP contribution is 2.18. The fourth-order valence-electron chi connectivity index (χ4n) is 2.48. The largest absolute Gasteiger partial charge is 0.805 e. The van der Waals surface area contributed by atoms with Crippen LogP contribution in [-0.2, 0) is 11.4 Å². The summed E-state index contributed by atoms with van der Waals surface area (Å²) in [5.74, 6) is -0.729. The molecule has 0 aliphatic heterocycles. The van der Waals surface area contributed by atoms with Gasteiger partial charge in [-0.3, -0.25) is 4.79 Å². The van der Waals surface area contributed by atoms with E-state index in [4.69, 9.17) is 0 Å². The number of rotatable bonds is 5. The van der Waals surface area contributed by atoms with E-state index < -0.39 is 28.9 Å². The van der Waals surface area contributed by atoms with Gasteiger partial charge in [-0.05, 0) is 6.07 Å². The topological polar surface area (TPSA) is 120 Å². The molecule has 25 heavy (non-hydrogen) atoms. The van der Waals surface area contributed by atoms with Gasteiger partial charge in [0.25, 0.3) is 16.4 Å². The van der Waals surface area contributed by atoms with Crippen molar-refractivity contribution < 1.29 is 19.1 Å². The Labute approximate surface area is 140 Å². The average Bonchev–Trinajstić information content (AvgIpc) is 2.63. The molecular formula is C16H11N3O6. The zero-order valence-corrected chi connectivity index (χ0v) is 12.7. The predicted molar refractivity (Wildman–Crippen MR) is 85.7 cm³/mol. The molecule has 0 N–H and O–H groups in total. The summed E-state index contributed by atoms with van der Waals surface area (Å²) in [6, 6.07) is 13.7. The minimum absolute atomic E-state index is 0.0240. The fraction of sp³-hybridized carbons (Fsp3) is 0.0625. The number of carbonyl (C=O) groups excluding carboxylic acids is 1. The third-order valence-corrected chi connectivity index (χ3v) is 3.60. The molecule has 0 aliphatic carbocycles. The Morgan fingerprint density at radius 1 is 1.12 bits per heavy atom. The number of hydrogen-bond acceptors (Lipinski definition) is 6. The third-order valence-electron chi connectivity index (χ3n) is 3.60. The molecule has 0 spiro atoms. The molecule has 0 saturated heterocycles. The Morgan fingerprint density at radius 3 is 2.44 bits per heavy atom. The van der Waals surface area contributed by atoms with Crippen LogP contribution in [0.25, 0.3) is 11.0 Å². The first-order chi connectivity index (χ1) is 12.0. The Kier molecular flexibility index (Phi) is 4.12. The van der Waals surface area contributed by atoms with Gasteiger partial charge in [-0.1, -0.05) is 42.5 Å². The van der Waals surface area contributed by atoms with Gasteiger partial charge in [-0.2, -0.15) is 0 Å². The molecule has 0 aliphatic rings. The standard InChI is InChI=1S/C16H11N3O6/c20-16(11-6-2-1-3-7-11)15-14(10-25-19(23)24)17(21)12-8-4-5-9-13(12)18(15)22/h1-9H,10H2. The van der Waals surface area contributed by atoms with Crippen molar-refractivity contribution in [2.24, 2.45) is 0 Å². The summed E-state index contributed by atoms with van der Waals surface area (Å²) in [7, 11) is 0. The van der Waals surface area contributed by atoms with Gasteiger partial charge in [-0.15, -0.1) is 10.1 Å². The van der Waals surface area contributed by atoms with Gasteiger partial charge < -0.3 is 14.8 Å². The van der Waals surface area contributed by atoms with Crippen LogP contribution in [0, 0.1) is 20.2 Å². The number of aromatic nitrogens is 2. The molecule has 3 aromatic rings. The summed E-state index contributed by atoms with van der Waals surface area (Å²) >= 11 is 0. The van der Waals surface area contributed by atoms with Crippen molar-refractivity contribution in [3.63, 3.8) is 0 Å². The zero-order chi connectivity index (χ0) is 18.0. The number of ketones is 1. The van der Waals surface area contributed by atoms with Crippen LogP contribution in [0.1, 0.15) is 21.7 Å².